The van der Waals surface area contributed by atoms with E-state index in [9.17, 15) is 9.00 Å². The number of aromatic nitrogens is 1. The van der Waals surface area contributed by atoms with E-state index in [1.165, 1.54) is 12.3 Å². The topological polar surface area (TPSA) is 67.3 Å². The molecule has 0 amide bonds. The van der Waals surface area contributed by atoms with Crippen molar-refractivity contribution in [3.8, 4) is 0 Å². The minimum atomic E-state index is -3.66. The second-order valence-electron chi connectivity index (χ2n) is 2.14. The van der Waals surface area contributed by atoms with E-state index in [0.717, 1.165) is 0 Å². The van der Waals surface area contributed by atoms with Gasteiger partial charge < -0.3 is 4.55 Å². The summed E-state index contributed by atoms with van der Waals surface area (Å²) in [6.07, 6.45) is 1.37. The normalized spacial score (nSPS) is 15.1. The summed E-state index contributed by atoms with van der Waals surface area (Å²) in [5.74, 6) is 2.84. The zero-order valence-corrected chi connectivity index (χ0v) is 6.95. The molecule has 0 bridgehead atoms. The van der Waals surface area contributed by atoms with E-state index in [2.05, 4.69) is 10.9 Å². The van der Waals surface area contributed by atoms with E-state index in [1.54, 1.807) is 12.1 Å². The van der Waals surface area contributed by atoms with Crippen molar-refractivity contribution in [1.29, 1.82) is 0 Å². The van der Waals surface area contributed by atoms with Crippen LogP contribution in [0.25, 0.3) is 0 Å². The number of hydrogen-bond donors (Lipinski definition) is 1. The summed E-state index contributed by atoms with van der Waals surface area (Å²) < 4.78 is 19.5. The number of pyridine rings is 1. The highest BCUT2D eigenvalue weighted by molar-refractivity contribution is 8.09. The Balaban J connectivity index is 3.11. The van der Waals surface area contributed by atoms with Gasteiger partial charge in [-0.2, -0.15) is 0 Å². The summed E-state index contributed by atoms with van der Waals surface area (Å²) >= 11 is 0. The molecule has 0 spiro atoms. The minimum absolute atomic E-state index is 0.0417. The first-order chi connectivity index (χ1) is 5.52. The Kier molecular flexibility index (Phi) is 2.25. The predicted octanol–water partition coefficient (Wildman–Crippen LogP) is 0.411. The van der Waals surface area contributed by atoms with Crippen molar-refractivity contribution >= 4 is 20.8 Å². The van der Waals surface area contributed by atoms with Crippen LogP contribution in [0.2, 0.25) is 0 Å². The lowest BCUT2D eigenvalue weighted by atomic mass is 10.4. The van der Waals surface area contributed by atoms with Crippen molar-refractivity contribution in [2.45, 2.75) is 0 Å². The molecule has 1 rings (SSSR count). The van der Waals surface area contributed by atoms with Gasteiger partial charge >= 0.3 is 0 Å². The fourth-order valence-electron chi connectivity index (χ4n) is 0.647. The van der Waals surface area contributed by atoms with Crippen molar-refractivity contribution in [3.63, 3.8) is 0 Å². The van der Waals surface area contributed by atoms with Crippen LogP contribution in [0.1, 0.15) is 10.5 Å². The van der Waals surface area contributed by atoms with Gasteiger partial charge in [-0.25, -0.2) is 4.21 Å². The first-order valence-electron chi connectivity index (χ1n) is 3.07. The third kappa shape index (κ3) is 1.90. The van der Waals surface area contributed by atoms with E-state index in [4.69, 9.17) is 4.55 Å². The standard InChI is InChI=1S/C7H7NO3S/c1-12(10,11)7(9)6-4-2-3-5-8-6/h2-5H,1H2,(H,10,11). The molecule has 1 N–H and O–H groups in total. The van der Waals surface area contributed by atoms with Crippen LogP contribution in [0.3, 0.4) is 0 Å². The summed E-state index contributed by atoms with van der Waals surface area (Å²) in [4.78, 5) is 14.6. The molecule has 1 heterocycles. The highest BCUT2D eigenvalue weighted by Gasteiger charge is 2.14. The molecular formula is C7H7NO3S. The first-order valence-corrected chi connectivity index (χ1v) is 4.75. The Morgan fingerprint density at radius 1 is 1.58 bits per heavy atom. The average Bonchev–Trinajstić information content (AvgIpc) is 2.03. The van der Waals surface area contributed by atoms with E-state index >= 15 is 0 Å². The van der Waals surface area contributed by atoms with Crippen LogP contribution in [0.15, 0.2) is 24.4 Å². The quantitative estimate of drug-likeness (QED) is 0.643. The number of hydrogen-bond acceptors (Lipinski definition) is 3. The molecule has 0 saturated heterocycles. The Morgan fingerprint density at radius 3 is 2.67 bits per heavy atom. The van der Waals surface area contributed by atoms with Crippen LogP contribution >= 0.6 is 0 Å². The fourth-order valence-corrected chi connectivity index (χ4v) is 1.09. The van der Waals surface area contributed by atoms with Crippen LogP contribution < -0.4 is 0 Å². The van der Waals surface area contributed by atoms with E-state index in [1.807, 2.05) is 0 Å². The molecule has 1 atom stereocenters. The lowest BCUT2D eigenvalue weighted by molar-refractivity contribution is 0.106. The SMILES string of the molecule is C=S(=O)(O)C(=O)c1ccccn1. The maximum atomic E-state index is 11.0. The van der Waals surface area contributed by atoms with E-state index in [-0.39, 0.29) is 5.69 Å². The Morgan fingerprint density at radius 2 is 2.25 bits per heavy atom. The monoisotopic (exact) mass is 185 g/mol. The van der Waals surface area contributed by atoms with Gasteiger partial charge in [0.15, 0.2) is 0 Å². The van der Waals surface area contributed by atoms with Crippen molar-refractivity contribution in [2.75, 3.05) is 0 Å². The molecule has 1 aromatic rings. The highest BCUT2D eigenvalue weighted by atomic mass is 32.2. The maximum Gasteiger partial charge on any atom is 0.283 e. The van der Waals surface area contributed by atoms with Gasteiger partial charge in [-0.1, -0.05) is 6.07 Å². The number of rotatable bonds is 1. The minimum Gasteiger partial charge on any atom is -0.308 e. The fraction of sp³-hybridized carbons (Fsp3) is 0. The van der Waals surface area contributed by atoms with Crippen LogP contribution in [0.5, 0.6) is 0 Å². The molecular weight excluding hydrogens is 178 g/mol. The van der Waals surface area contributed by atoms with Gasteiger partial charge in [0.1, 0.15) is 15.5 Å². The lowest BCUT2D eigenvalue weighted by Gasteiger charge is -1.97. The van der Waals surface area contributed by atoms with Gasteiger partial charge in [0.05, 0.1) is 0 Å². The van der Waals surface area contributed by atoms with Gasteiger partial charge in [-0.15, -0.1) is 0 Å². The van der Waals surface area contributed by atoms with Crippen LogP contribution in [-0.4, -0.2) is 24.7 Å². The molecule has 12 heavy (non-hydrogen) atoms. The molecule has 5 heteroatoms. The first kappa shape index (κ1) is 8.89. The average molecular weight is 185 g/mol. The molecule has 64 valence electrons. The summed E-state index contributed by atoms with van der Waals surface area (Å²) in [6.45, 7) is 0. The molecule has 1 aromatic heterocycles. The zero-order chi connectivity index (χ0) is 9.19. The molecule has 0 aromatic carbocycles. The highest BCUT2D eigenvalue weighted by Crippen LogP contribution is 1.99. The van der Waals surface area contributed by atoms with Gasteiger partial charge in [0.2, 0.25) is 0 Å². The molecule has 4 nitrogen and oxygen atoms in total. The third-order valence-corrected chi connectivity index (χ3v) is 1.95. The van der Waals surface area contributed by atoms with Crippen molar-refractivity contribution in [2.24, 2.45) is 0 Å². The smallest absolute Gasteiger partial charge is 0.283 e. The van der Waals surface area contributed by atoms with Crippen molar-refractivity contribution < 1.29 is 13.6 Å². The van der Waals surface area contributed by atoms with Gasteiger partial charge in [0, 0.05) is 6.20 Å². The second kappa shape index (κ2) is 3.04. The van der Waals surface area contributed by atoms with Gasteiger partial charge in [0.25, 0.3) is 5.12 Å². The summed E-state index contributed by atoms with van der Waals surface area (Å²) in [5, 5.41) is -0.942. The van der Waals surface area contributed by atoms with E-state index < -0.39 is 14.9 Å². The Labute approximate surface area is 70.1 Å². The van der Waals surface area contributed by atoms with E-state index in [0.29, 0.717) is 0 Å². The Bertz CT molecular complexity index is 382. The summed E-state index contributed by atoms with van der Waals surface area (Å²) in [5.41, 5.74) is -0.0417. The number of carbonyl (C=O) groups is 1. The number of nitrogens with zero attached hydrogens (tertiary/aromatic N) is 1. The van der Waals surface area contributed by atoms with Crippen LogP contribution in [-0.2, 0) is 9.80 Å². The van der Waals surface area contributed by atoms with Crippen LogP contribution in [0.4, 0.5) is 0 Å². The van der Waals surface area contributed by atoms with Gasteiger partial charge in [-0.05, 0) is 18.0 Å². The molecule has 0 saturated carbocycles. The molecule has 0 radical (unpaired) electrons. The molecule has 0 aliphatic rings. The molecule has 0 aliphatic carbocycles. The summed E-state index contributed by atoms with van der Waals surface area (Å²) in [7, 11) is -3.66. The molecule has 0 aliphatic heterocycles. The second-order valence-corrected chi connectivity index (χ2v) is 3.79. The maximum absolute atomic E-state index is 11.0. The predicted molar refractivity (Wildman–Crippen MR) is 46.5 cm³/mol. The van der Waals surface area contributed by atoms with Gasteiger partial charge in [-0.3, -0.25) is 9.78 Å². The number of carbonyl (C=O) groups excluding carboxylic acids is 1. The third-order valence-electron chi connectivity index (χ3n) is 1.16. The lowest BCUT2D eigenvalue weighted by Crippen LogP contribution is -2.14. The van der Waals surface area contributed by atoms with Crippen molar-refractivity contribution in [3.05, 3.63) is 30.1 Å². The van der Waals surface area contributed by atoms with Crippen molar-refractivity contribution in [1.82, 2.24) is 4.98 Å². The molecule has 1 unspecified atom stereocenters. The Hall–Kier alpha value is -1.20. The molecule has 0 fully saturated rings. The zero-order valence-electron chi connectivity index (χ0n) is 6.14. The van der Waals surface area contributed by atoms with Crippen LogP contribution in [0, 0.1) is 0 Å². The largest absolute Gasteiger partial charge is 0.308 e. The summed E-state index contributed by atoms with van der Waals surface area (Å²) in [6, 6.07) is 4.54.